The number of non-ortho nitro benzene ring substituents is 1. The first kappa shape index (κ1) is 26.0. The molecule has 39 heavy (non-hydrogen) atoms. The van der Waals surface area contributed by atoms with Crippen molar-refractivity contribution in [1.82, 2.24) is 9.97 Å². The summed E-state index contributed by atoms with van der Waals surface area (Å²) in [6.07, 6.45) is 1.39. The summed E-state index contributed by atoms with van der Waals surface area (Å²) < 4.78 is 10.9. The van der Waals surface area contributed by atoms with E-state index in [9.17, 15) is 30.3 Å². The van der Waals surface area contributed by atoms with Crippen LogP contribution >= 0.6 is 0 Å². The van der Waals surface area contributed by atoms with Crippen molar-refractivity contribution in [2.75, 3.05) is 12.5 Å². The molecule has 4 rings (SSSR count). The number of anilines is 1. The van der Waals surface area contributed by atoms with Crippen molar-refractivity contribution >= 4 is 23.5 Å². The van der Waals surface area contributed by atoms with Crippen LogP contribution in [0.1, 0.15) is 11.1 Å². The standard InChI is InChI=1S/C25H17N7O7/c1-38-22-11-15(7-9-21(22)39-20-10-8-17(31(34)35)12-19(20)32(36)37)14-27-30-25-28-23(16-5-3-2-4-6-16)18(13-26)24(33)29-25/h2-12,14H,1H3,(H2,28,29,30,33). The summed E-state index contributed by atoms with van der Waals surface area (Å²) in [5.41, 5.74) is 2.11. The van der Waals surface area contributed by atoms with Gasteiger partial charge in [-0.25, -0.2) is 10.4 Å². The molecule has 14 nitrogen and oxygen atoms in total. The molecule has 0 saturated heterocycles. The van der Waals surface area contributed by atoms with Crippen LogP contribution in [0.4, 0.5) is 17.3 Å². The number of aromatic nitrogens is 2. The topological polar surface area (TPSA) is 199 Å². The number of methoxy groups -OCH3 is 1. The van der Waals surface area contributed by atoms with Gasteiger partial charge in [0.05, 0.1) is 34.9 Å². The molecular formula is C25H17N7O7. The van der Waals surface area contributed by atoms with Gasteiger partial charge in [-0.1, -0.05) is 30.3 Å². The first-order valence-electron chi connectivity index (χ1n) is 11.0. The highest BCUT2D eigenvalue weighted by Crippen LogP contribution is 2.38. The molecule has 4 aromatic rings. The molecule has 0 unspecified atom stereocenters. The Kier molecular flexibility index (Phi) is 7.53. The van der Waals surface area contributed by atoms with Crippen molar-refractivity contribution < 1.29 is 19.3 Å². The number of nitro groups is 2. The van der Waals surface area contributed by atoms with Gasteiger partial charge in [0.1, 0.15) is 11.6 Å². The summed E-state index contributed by atoms with van der Waals surface area (Å²) in [4.78, 5) is 39.9. The van der Waals surface area contributed by atoms with E-state index in [1.807, 2.05) is 6.07 Å². The summed E-state index contributed by atoms with van der Waals surface area (Å²) in [7, 11) is 1.36. The predicted molar refractivity (Wildman–Crippen MR) is 139 cm³/mol. The molecule has 1 aromatic heterocycles. The Bertz CT molecular complexity index is 1700. The second kappa shape index (κ2) is 11.3. The van der Waals surface area contributed by atoms with E-state index in [4.69, 9.17) is 9.47 Å². The zero-order valence-corrected chi connectivity index (χ0v) is 20.0. The van der Waals surface area contributed by atoms with Gasteiger partial charge >= 0.3 is 5.69 Å². The van der Waals surface area contributed by atoms with E-state index in [0.29, 0.717) is 11.1 Å². The van der Waals surface area contributed by atoms with Gasteiger partial charge in [-0.2, -0.15) is 10.4 Å². The van der Waals surface area contributed by atoms with Crippen LogP contribution in [0, 0.1) is 31.6 Å². The van der Waals surface area contributed by atoms with Gasteiger partial charge in [0.25, 0.3) is 11.2 Å². The molecule has 2 N–H and O–H groups in total. The number of nitro benzene ring substituents is 2. The number of hydrogen-bond donors (Lipinski definition) is 2. The fraction of sp³-hybridized carbons (Fsp3) is 0.0400. The SMILES string of the molecule is COc1cc(C=NNc2nc(-c3ccccc3)c(C#N)c(=O)[nH]2)ccc1Oc1ccc([N+](=O)[O-])cc1[N+](=O)[O-]. The van der Waals surface area contributed by atoms with Crippen molar-refractivity contribution in [3.63, 3.8) is 0 Å². The van der Waals surface area contributed by atoms with E-state index in [0.717, 1.165) is 18.2 Å². The summed E-state index contributed by atoms with van der Waals surface area (Å²) in [5, 5.41) is 35.8. The van der Waals surface area contributed by atoms with E-state index in [2.05, 4.69) is 20.5 Å². The van der Waals surface area contributed by atoms with E-state index < -0.39 is 26.8 Å². The van der Waals surface area contributed by atoms with Crippen LogP contribution < -0.4 is 20.5 Å². The van der Waals surface area contributed by atoms with Gasteiger partial charge in [-0.15, -0.1) is 0 Å². The van der Waals surface area contributed by atoms with Gasteiger partial charge in [-0.05, 0) is 29.8 Å². The number of ether oxygens (including phenoxy) is 2. The molecule has 14 heteroatoms. The Morgan fingerprint density at radius 3 is 2.44 bits per heavy atom. The molecule has 0 atom stereocenters. The first-order chi connectivity index (χ1) is 18.8. The van der Waals surface area contributed by atoms with Crippen molar-refractivity contribution in [3.8, 4) is 34.6 Å². The second-order valence-corrected chi connectivity index (χ2v) is 7.66. The summed E-state index contributed by atoms with van der Waals surface area (Å²) in [6.45, 7) is 0. The molecule has 0 radical (unpaired) electrons. The van der Waals surface area contributed by atoms with E-state index >= 15 is 0 Å². The molecule has 0 aliphatic carbocycles. The smallest absolute Gasteiger partial charge is 0.318 e. The van der Waals surface area contributed by atoms with Crippen molar-refractivity contribution in [2.45, 2.75) is 0 Å². The molecule has 0 bridgehead atoms. The van der Waals surface area contributed by atoms with Gasteiger partial charge in [0.15, 0.2) is 11.5 Å². The zero-order chi connectivity index (χ0) is 27.9. The largest absolute Gasteiger partial charge is 0.493 e. The summed E-state index contributed by atoms with van der Waals surface area (Å²) in [6, 6.07) is 18.2. The van der Waals surface area contributed by atoms with Gasteiger partial charge in [0.2, 0.25) is 11.7 Å². The molecule has 0 amide bonds. The van der Waals surface area contributed by atoms with Crippen LogP contribution in [-0.2, 0) is 0 Å². The number of hydrogen-bond acceptors (Lipinski definition) is 11. The highest BCUT2D eigenvalue weighted by Gasteiger charge is 2.22. The minimum Gasteiger partial charge on any atom is -0.493 e. The van der Waals surface area contributed by atoms with E-state index in [1.165, 1.54) is 25.5 Å². The van der Waals surface area contributed by atoms with Crippen LogP contribution in [-0.4, -0.2) is 33.1 Å². The Hall–Kier alpha value is -6.10. The molecule has 3 aromatic carbocycles. The van der Waals surface area contributed by atoms with Crippen molar-refractivity contribution in [3.05, 3.63) is 108 Å². The molecule has 194 valence electrons. The number of hydrazone groups is 1. The Morgan fingerprint density at radius 2 is 1.77 bits per heavy atom. The quantitative estimate of drug-likeness (QED) is 0.179. The van der Waals surface area contributed by atoms with Crippen molar-refractivity contribution in [2.24, 2.45) is 5.10 Å². The third-order valence-corrected chi connectivity index (χ3v) is 5.22. The minimum absolute atomic E-state index is 0.00602. The maximum absolute atomic E-state index is 12.4. The van der Waals surface area contributed by atoms with Gasteiger partial charge < -0.3 is 9.47 Å². The number of nitrogens with zero attached hydrogens (tertiary/aromatic N) is 5. The number of H-pyrrole nitrogens is 1. The highest BCUT2D eigenvalue weighted by molar-refractivity contribution is 5.81. The molecule has 0 fully saturated rings. The number of benzene rings is 3. The van der Waals surface area contributed by atoms with E-state index in [-0.39, 0.29) is 34.5 Å². The number of nitriles is 1. The first-order valence-corrected chi connectivity index (χ1v) is 11.0. The Labute approximate surface area is 219 Å². The molecular weight excluding hydrogens is 510 g/mol. The second-order valence-electron chi connectivity index (χ2n) is 7.66. The number of rotatable bonds is 9. The monoisotopic (exact) mass is 527 g/mol. The highest BCUT2D eigenvalue weighted by atomic mass is 16.6. The van der Waals surface area contributed by atoms with Crippen LogP contribution in [0.2, 0.25) is 0 Å². The number of aromatic amines is 1. The Balaban J connectivity index is 1.56. The fourth-order valence-electron chi connectivity index (χ4n) is 3.42. The van der Waals surface area contributed by atoms with Crippen molar-refractivity contribution in [1.29, 1.82) is 5.26 Å². The van der Waals surface area contributed by atoms with Gasteiger partial charge in [-0.3, -0.25) is 30.0 Å². The third-order valence-electron chi connectivity index (χ3n) is 5.22. The lowest BCUT2D eigenvalue weighted by molar-refractivity contribution is -0.394. The maximum Gasteiger partial charge on any atom is 0.318 e. The van der Waals surface area contributed by atoms with Gasteiger partial charge in [0, 0.05) is 11.6 Å². The third kappa shape index (κ3) is 5.84. The van der Waals surface area contributed by atoms with E-state index in [1.54, 1.807) is 36.4 Å². The lowest BCUT2D eigenvalue weighted by Crippen LogP contribution is -2.16. The molecule has 1 heterocycles. The average molecular weight is 527 g/mol. The molecule has 0 saturated carbocycles. The predicted octanol–water partition coefficient (Wildman–Crippen LogP) is 4.37. The fourth-order valence-corrected chi connectivity index (χ4v) is 3.42. The Morgan fingerprint density at radius 1 is 1.03 bits per heavy atom. The average Bonchev–Trinajstić information content (AvgIpc) is 2.93. The lowest BCUT2D eigenvalue weighted by atomic mass is 10.1. The molecule has 0 spiro atoms. The minimum atomic E-state index is -0.785. The molecule has 0 aliphatic rings. The summed E-state index contributed by atoms with van der Waals surface area (Å²) >= 11 is 0. The lowest BCUT2D eigenvalue weighted by Gasteiger charge is -2.11. The van der Waals surface area contributed by atoms with Crippen LogP contribution in [0.5, 0.6) is 17.2 Å². The zero-order valence-electron chi connectivity index (χ0n) is 20.0. The normalized spacial score (nSPS) is 10.6. The van der Waals surface area contributed by atoms with Crippen LogP contribution in [0.3, 0.4) is 0 Å². The maximum atomic E-state index is 12.4. The number of nitrogens with one attached hydrogen (secondary N) is 2. The summed E-state index contributed by atoms with van der Waals surface area (Å²) in [5.74, 6) is 0.108. The van der Waals surface area contributed by atoms with Crippen LogP contribution in [0.25, 0.3) is 11.3 Å². The molecule has 0 aliphatic heterocycles. The van der Waals surface area contributed by atoms with Crippen LogP contribution in [0.15, 0.2) is 76.6 Å².